The highest BCUT2D eigenvalue weighted by molar-refractivity contribution is 5.26. The Balaban J connectivity index is 2.55. The Bertz CT molecular complexity index is 175. The highest BCUT2D eigenvalue weighted by Crippen LogP contribution is 2.11. The largest absolute Gasteiger partial charge is 0.385 e. The third-order valence-corrected chi connectivity index (χ3v) is 1.39. The highest BCUT2D eigenvalue weighted by Gasteiger charge is 2.13. The van der Waals surface area contributed by atoms with Crippen molar-refractivity contribution >= 4 is 0 Å². The van der Waals surface area contributed by atoms with E-state index in [9.17, 15) is 0 Å². The Morgan fingerprint density at radius 1 is 1.64 bits per heavy atom. The van der Waals surface area contributed by atoms with E-state index >= 15 is 0 Å². The molecule has 11 heavy (non-hydrogen) atoms. The Hall–Kier alpha value is -0.960. The number of hydrogen-bond acceptors (Lipinski definition) is 3. The van der Waals surface area contributed by atoms with E-state index in [2.05, 4.69) is 10.6 Å². The normalized spacial score (nSPS) is 17.5. The molecule has 1 aliphatic heterocycles. The van der Waals surface area contributed by atoms with E-state index in [-0.39, 0.29) is 0 Å². The van der Waals surface area contributed by atoms with Crippen LogP contribution >= 0.6 is 0 Å². The Morgan fingerprint density at radius 2 is 2.45 bits per heavy atom. The molecule has 0 spiro atoms. The molecule has 0 unspecified atom stereocenters. The molecule has 3 heteroatoms. The van der Waals surface area contributed by atoms with Crippen LogP contribution in [0.1, 0.15) is 6.92 Å². The summed E-state index contributed by atoms with van der Waals surface area (Å²) < 4.78 is 5.08. The van der Waals surface area contributed by atoms with Crippen molar-refractivity contribution in [2.75, 3.05) is 13.7 Å². The molecule has 61 valence electrons. The first-order valence-corrected chi connectivity index (χ1v) is 3.67. The molecule has 2 N–H and O–H groups in total. The van der Waals surface area contributed by atoms with Gasteiger partial charge in [-0.1, -0.05) is 0 Å². The van der Waals surface area contributed by atoms with E-state index in [0.29, 0.717) is 0 Å². The average molecular weight is 153 g/mol. The number of hydrogen-bond donors (Lipinski definition) is 2. The van der Waals surface area contributed by atoms with Gasteiger partial charge in [0.05, 0.1) is 5.70 Å². The van der Waals surface area contributed by atoms with Gasteiger partial charge in [0.2, 0.25) is 6.23 Å². The average Bonchev–Trinajstić information content (AvgIpc) is 2.06. The third kappa shape index (κ3) is 1.98. The van der Waals surface area contributed by atoms with Crippen molar-refractivity contribution in [3.63, 3.8) is 0 Å². The summed E-state index contributed by atoms with van der Waals surface area (Å²) in [5.74, 6) is 0. The number of methoxy groups -OCH3 is 1. The first-order chi connectivity index (χ1) is 5.38. The van der Waals surface area contributed by atoms with E-state index < -0.39 is 0 Å². The molecular weight excluding hydrogens is 140 g/mol. The van der Waals surface area contributed by atoms with E-state index in [0.717, 1.165) is 18.5 Å². The second-order valence-electron chi connectivity index (χ2n) is 2.15. The fraction of sp³-hybridized carbons (Fsp3) is 0.375. The quantitative estimate of drug-likeness (QED) is 0.627. The predicted octanol–water partition coefficient (Wildman–Crippen LogP) is 0.733. The number of nitrogens with one attached hydrogen (secondary N) is 2. The van der Waals surface area contributed by atoms with Crippen LogP contribution in [0.15, 0.2) is 24.0 Å². The van der Waals surface area contributed by atoms with Crippen LogP contribution in [0.25, 0.3) is 0 Å². The molecule has 3 nitrogen and oxygen atoms in total. The summed E-state index contributed by atoms with van der Waals surface area (Å²) in [5.41, 5.74) is 0.998. The van der Waals surface area contributed by atoms with Crippen molar-refractivity contribution < 1.29 is 4.74 Å². The fourth-order valence-electron chi connectivity index (χ4n) is 0.920. The van der Waals surface area contributed by atoms with Gasteiger partial charge in [-0.2, -0.15) is 0 Å². The Labute approximate surface area is 67.1 Å². The first-order valence-electron chi connectivity index (χ1n) is 3.67. The lowest BCUT2D eigenvalue weighted by Crippen LogP contribution is -2.29. The van der Waals surface area contributed by atoms with Crippen molar-refractivity contribution in [2.45, 2.75) is 6.92 Å². The molecule has 0 aromatic carbocycles. The lowest BCUT2D eigenvalue weighted by atomic mass is 10.3. The second-order valence-corrected chi connectivity index (χ2v) is 2.15. The molecule has 0 atom stereocenters. The first kappa shape index (κ1) is 8.14. The summed E-state index contributed by atoms with van der Waals surface area (Å²) >= 11 is 0. The summed E-state index contributed by atoms with van der Waals surface area (Å²) in [6.45, 7) is 2.95. The van der Waals surface area contributed by atoms with E-state index in [1.807, 2.05) is 25.3 Å². The number of rotatable bonds is 3. The number of ether oxygens (including phenoxy) is 1. The molecule has 0 aromatic rings. The highest BCUT2D eigenvalue weighted by atomic mass is 16.5. The predicted molar refractivity (Wildman–Crippen MR) is 44.3 cm³/mol. The summed E-state index contributed by atoms with van der Waals surface area (Å²) in [4.78, 5) is 0. The maximum Gasteiger partial charge on any atom is 0.234 e. The Kier molecular flexibility index (Phi) is 2.98. The smallest absolute Gasteiger partial charge is 0.234 e. The van der Waals surface area contributed by atoms with E-state index in [1.54, 1.807) is 7.11 Å². The van der Waals surface area contributed by atoms with Crippen LogP contribution in [0.3, 0.4) is 0 Å². The SMILES string of the molecule is CCNC1=CC=CN[C]1OC. The van der Waals surface area contributed by atoms with Crippen molar-refractivity contribution in [3.05, 3.63) is 30.3 Å². The number of likely N-dealkylation sites (N-methyl/N-ethyl adjacent to an activating group) is 1. The molecule has 0 aromatic heterocycles. The lowest BCUT2D eigenvalue weighted by Gasteiger charge is -2.20. The van der Waals surface area contributed by atoms with Gasteiger partial charge in [0, 0.05) is 13.7 Å². The number of allylic oxidation sites excluding steroid dienone is 2. The minimum Gasteiger partial charge on any atom is -0.385 e. The molecular formula is C8H13N2O. The molecule has 0 fully saturated rings. The van der Waals surface area contributed by atoms with Crippen LogP contribution < -0.4 is 10.6 Å². The van der Waals surface area contributed by atoms with Crippen LogP contribution in [0.2, 0.25) is 0 Å². The van der Waals surface area contributed by atoms with Gasteiger partial charge in [-0.15, -0.1) is 0 Å². The molecule has 1 rings (SSSR count). The lowest BCUT2D eigenvalue weighted by molar-refractivity contribution is 0.201. The second kappa shape index (κ2) is 4.03. The molecule has 0 saturated heterocycles. The van der Waals surface area contributed by atoms with Gasteiger partial charge in [0.15, 0.2) is 0 Å². The van der Waals surface area contributed by atoms with Crippen LogP contribution in [0.4, 0.5) is 0 Å². The maximum absolute atomic E-state index is 5.08. The minimum atomic E-state index is 0.773. The molecule has 0 amide bonds. The van der Waals surface area contributed by atoms with Crippen LogP contribution in [0.5, 0.6) is 0 Å². The molecule has 0 bridgehead atoms. The van der Waals surface area contributed by atoms with Crippen molar-refractivity contribution in [1.29, 1.82) is 0 Å². The zero-order valence-electron chi connectivity index (χ0n) is 6.85. The van der Waals surface area contributed by atoms with E-state index in [4.69, 9.17) is 4.74 Å². The molecule has 0 saturated carbocycles. The summed E-state index contributed by atoms with van der Waals surface area (Å²) in [6.07, 6.45) is 6.51. The van der Waals surface area contributed by atoms with E-state index in [1.165, 1.54) is 0 Å². The van der Waals surface area contributed by atoms with Crippen molar-refractivity contribution in [1.82, 2.24) is 10.6 Å². The van der Waals surface area contributed by atoms with Crippen LogP contribution in [-0.2, 0) is 4.74 Å². The molecule has 1 aliphatic rings. The minimum absolute atomic E-state index is 0.773. The van der Waals surface area contributed by atoms with Gasteiger partial charge < -0.3 is 15.4 Å². The van der Waals surface area contributed by atoms with Gasteiger partial charge >= 0.3 is 0 Å². The van der Waals surface area contributed by atoms with Crippen molar-refractivity contribution in [3.8, 4) is 0 Å². The van der Waals surface area contributed by atoms with Gasteiger partial charge in [-0.05, 0) is 25.3 Å². The van der Waals surface area contributed by atoms with Gasteiger partial charge in [-0.3, -0.25) is 0 Å². The molecule has 0 aliphatic carbocycles. The number of dihydropyridines is 1. The zero-order chi connectivity index (χ0) is 8.10. The summed E-state index contributed by atoms with van der Waals surface area (Å²) in [6, 6.07) is 0. The Morgan fingerprint density at radius 3 is 3.09 bits per heavy atom. The van der Waals surface area contributed by atoms with Crippen LogP contribution in [-0.4, -0.2) is 13.7 Å². The third-order valence-electron chi connectivity index (χ3n) is 1.39. The zero-order valence-corrected chi connectivity index (χ0v) is 6.85. The molecule has 1 heterocycles. The van der Waals surface area contributed by atoms with Crippen molar-refractivity contribution in [2.24, 2.45) is 0 Å². The standard InChI is InChI=1S/C8H13N2O/c1-3-9-7-5-4-6-10-8(7)11-2/h4-6,9-10H,3H2,1-2H3. The fourth-order valence-corrected chi connectivity index (χ4v) is 0.920. The topological polar surface area (TPSA) is 33.3 Å². The molecule has 1 radical (unpaired) electrons. The summed E-state index contributed by atoms with van der Waals surface area (Å²) in [5, 5.41) is 6.16. The summed E-state index contributed by atoms with van der Waals surface area (Å²) in [7, 11) is 1.65. The monoisotopic (exact) mass is 153 g/mol. The van der Waals surface area contributed by atoms with Gasteiger partial charge in [0.25, 0.3) is 0 Å². The van der Waals surface area contributed by atoms with Gasteiger partial charge in [-0.25, -0.2) is 0 Å². The maximum atomic E-state index is 5.08. The van der Waals surface area contributed by atoms with Crippen LogP contribution in [0, 0.1) is 6.23 Å². The van der Waals surface area contributed by atoms with Gasteiger partial charge in [0.1, 0.15) is 0 Å².